The van der Waals surface area contributed by atoms with E-state index in [2.05, 4.69) is 15.6 Å². The first-order chi connectivity index (χ1) is 15.3. The van der Waals surface area contributed by atoms with Crippen molar-refractivity contribution < 1.29 is 28.6 Å². The molecule has 1 aliphatic heterocycles. The monoisotopic (exact) mass is 458 g/mol. The largest absolute Gasteiger partial charge is 0.486 e. The Morgan fingerprint density at radius 3 is 2.75 bits per heavy atom. The second-order valence-corrected chi connectivity index (χ2v) is 7.83. The average Bonchev–Trinajstić information content (AvgIpc) is 3.11. The standard InChI is InChI=1S/C20H18N4O7S/c1-10-15-17(21-9-24(2)18(15)26)32-16(10)19(27)31-8-14(25)23-20(28)22-11-3-4-12-13(7-11)30-6-5-29-12/h3-4,7,9H,5-6,8H2,1-2H3,(H2,22,23,25,28). The number of urea groups is 1. The van der Waals surface area contributed by atoms with Crippen LogP contribution < -0.4 is 25.7 Å². The van der Waals surface area contributed by atoms with Gasteiger partial charge in [-0.15, -0.1) is 11.3 Å². The quantitative estimate of drug-likeness (QED) is 0.562. The molecule has 1 aliphatic rings. The van der Waals surface area contributed by atoms with Gasteiger partial charge in [0.2, 0.25) is 0 Å². The number of carbonyl (C=O) groups is 3. The number of hydrogen-bond donors (Lipinski definition) is 2. The number of aromatic nitrogens is 2. The minimum atomic E-state index is -0.818. The van der Waals surface area contributed by atoms with E-state index in [4.69, 9.17) is 14.2 Å². The molecule has 1 aromatic carbocycles. The summed E-state index contributed by atoms with van der Waals surface area (Å²) in [6.07, 6.45) is 1.36. The van der Waals surface area contributed by atoms with Crippen molar-refractivity contribution in [2.45, 2.75) is 6.92 Å². The fourth-order valence-electron chi connectivity index (χ4n) is 3.05. The zero-order valence-corrected chi connectivity index (χ0v) is 17.9. The first-order valence-corrected chi connectivity index (χ1v) is 10.3. The van der Waals surface area contributed by atoms with Gasteiger partial charge in [-0.1, -0.05) is 0 Å². The highest BCUT2D eigenvalue weighted by Gasteiger charge is 2.21. The average molecular weight is 458 g/mol. The van der Waals surface area contributed by atoms with Crippen LogP contribution in [0.1, 0.15) is 15.2 Å². The maximum atomic E-state index is 12.4. The summed E-state index contributed by atoms with van der Waals surface area (Å²) in [5.41, 5.74) is 0.545. The number of anilines is 1. The number of thiophene rings is 1. The molecule has 0 fully saturated rings. The second-order valence-electron chi connectivity index (χ2n) is 6.83. The van der Waals surface area contributed by atoms with E-state index in [1.807, 2.05) is 0 Å². The summed E-state index contributed by atoms with van der Waals surface area (Å²) >= 11 is 1.00. The lowest BCUT2D eigenvalue weighted by molar-refractivity contribution is -0.123. The molecular formula is C20H18N4O7S. The third kappa shape index (κ3) is 4.25. The minimum Gasteiger partial charge on any atom is -0.486 e. The highest BCUT2D eigenvalue weighted by molar-refractivity contribution is 7.20. The third-order valence-electron chi connectivity index (χ3n) is 4.58. The molecule has 0 aliphatic carbocycles. The maximum absolute atomic E-state index is 12.4. The third-order valence-corrected chi connectivity index (χ3v) is 5.76. The van der Waals surface area contributed by atoms with E-state index < -0.39 is 24.5 Å². The normalized spacial score (nSPS) is 12.3. The summed E-state index contributed by atoms with van der Waals surface area (Å²) < 4.78 is 17.1. The van der Waals surface area contributed by atoms with E-state index in [1.165, 1.54) is 10.9 Å². The van der Waals surface area contributed by atoms with E-state index >= 15 is 0 Å². The van der Waals surface area contributed by atoms with E-state index in [1.54, 1.807) is 32.2 Å². The fourth-order valence-corrected chi connectivity index (χ4v) is 4.08. The molecule has 0 saturated heterocycles. The lowest BCUT2D eigenvalue weighted by Crippen LogP contribution is -2.37. The van der Waals surface area contributed by atoms with Crippen LogP contribution in [0.4, 0.5) is 10.5 Å². The Hall–Kier alpha value is -3.93. The number of nitrogens with zero attached hydrogens (tertiary/aromatic N) is 2. The molecule has 0 unspecified atom stereocenters. The van der Waals surface area contributed by atoms with Gasteiger partial charge in [-0.3, -0.25) is 14.9 Å². The van der Waals surface area contributed by atoms with Crippen molar-refractivity contribution in [1.29, 1.82) is 0 Å². The number of carbonyl (C=O) groups excluding carboxylic acids is 3. The lowest BCUT2D eigenvalue weighted by atomic mass is 10.2. The molecule has 0 atom stereocenters. The summed E-state index contributed by atoms with van der Waals surface area (Å²) in [5, 5.41) is 4.89. The maximum Gasteiger partial charge on any atom is 0.349 e. The zero-order chi connectivity index (χ0) is 22.8. The van der Waals surface area contributed by atoms with Crippen LogP contribution in [0.2, 0.25) is 0 Å². The highest BCUT2D eigenvalue weighted by Crippen LogP contribution is 2.32. The van der Waals surface area contributed by atoms with Gasteiger partial charge in [0.15, 0.2) is 18.1 Å². The number of fused-ring (bicyclic) bond motifs is 2. The summed E-state index contributed by atoms with van der Waals surface area (Å²) in [5.74, 6) is -0.553. The molecule has 0 radical (unpaired) electrons. The zero-order valence-electron chi connectivity index (χ0n) is 17.1. The molecule has 2 aromatic heterocycles. The van der Waals surface area contributed by atoms with Crippen LogP contribution in [0.25, 0.3) is 10.2 Å². The Morgan fingerprint density at radius 2 is 1.97 bits per heavy atom. The van der Waals surface area contributed by atoms with E-state index in [9.17, 15) is 19.2 Å². The van der Waals surface area contributed by atoms with Crippen LogP contribution in [0.15, 0.2) is 29.3 Å². The van der Waals surface area contributed by atoms with Crippen molar-refractivity contribution in [2.75, 3.05) is 25.1 Å². The Labute approximate surface area is 184 Å². The topological polar surface area (TPSA) is 138 Å². The lowest BCUT2D eigenvalue weighted by Gasteiger charge is -2.19. The van der Waals surface area contributed by atoms with Gasteiger partial charge in [-0.2, -0.15) is 0 Å². The molecule has 2 N–H and O–H groups in total. The van der Waals surface area contributed by atoms with Gasteiger partial charge in [0.25, 0.3) is 11.5 Å². The van der Waals surface area contributed by atoms with Gasteiger partial charge < -0.3 is 24.1 Å². The van der Waals surface area contributed by atoms with E-state index in [-0.39, 0.29) is 10.4 Å². The van der Waals surface area contributed by atoms with Gasteiger partial charge in [0, 0.05) is 18.8 Å². The van der Waals surface area contributed by atoms with E-state index in [0.717, 1.165) is 11.3 Å². The molecule has 4 rings (SSSR count). The SMILES string of the molecule is Cc1c(C(=O)OCC(=O)NC(=O)Nc2ccc3c(c2)OCCO3)sc2ncn(C)c(=O)c12. The summed E-state index contributed by atoms with van der Waals surface area (Å²) in [6, 6.07) is 4.01. The fraction of sp³-hybridized carbons (Fsp3) is 0.250. The molecule has 166 valence electrons. The summed E-state index contributed by atoms with van der Waals surface area (Å²) in [7, 11) is 1.56. The molecule has 0 bridgehead atoms. The van der Waals surface area contributed by atoms with Crippen molar-refractivity contribution in [2.24, 2.45) is 7.05 Å². The Bertz CT molecular complexity index is 1300. The number of aryl methyl sites for hydroxylation is 2. The van der Waals surface area contributed by atoms with Crippen LogP contribution in [0, 0.1) is 6.92 Å². The van der Waals surface area contributed by atoms with Gasteiger partial charge in [-0.05, 0) is 24.6 Å². The van der Waals surface area contributed by atoms with Crippen LogP contribution >= 0.6 is 11.3 Å². The van der Waals surface area contributed by atoms with Crippen molar-refractivity contribution in [3.05, 3.63) is 45.3 Å². The van der Waals surface area contributed by atoms with E-state index in [0.29, 0.717) is 46.2 Å². The highest BCUT2D eigenvalue weighted by atomic mass is 32.1. The molecule has 11 nitrogen and oxygen atoms in total. The predicted molar refractivity (Wildman–Crippen MR) is 114 cm³/mol. The van der Waals surface area contributed by atoms with Crippen LogP contribution in [0.5, 0.6) is 11.5 Å². The molecule has 3 aromatic rings. The molecule has 3 amide bonds. The number of esters is 1. The molecule has 32 heavy (non-hydrogen) atoms. The predicted octanol–water partition coefficient (Wildman–Crippen LogP) is 1.58. The van der Waals surface area contributed by atoms with Crippen molar-refractivity contribution in [3.8, 4) is 11.5 Å². The first kappa shape index (κ1) is 21.3. The Balaban J connectivity index is 1.34. The molecule has 0 saturated carbocycles. The molecule has 0 spiro atoms. The second kappa shape index (κ2) is 8.67. The number of ether oxygens (including phenoxy) is 3. The number of amides is 3. The Morgan fingerprint density at radius 1 is 1.22 bits per heavy atom. The van der Waals surface area contributed by atoms with Crippen LogP contribution in [0.3, 0.4) is 0 Å². The number of hydrogen-bond acceptors (Lipinski definition) is 9. The van der Waals surface area contributed by atoms with Gasteiger partial charge in [0.05, 0.1) is 11.7 Å². The molecule has 12 heteroatoms. The number of imide groups is 1. The van der Waals surface area contributed by atoms with Gasteiger partial charge in [-0.25, -0.2) is 14.6 Å². The van der Waals surface area contributed by atoms with Crippen molar-refractivity contribution >= 4 is 45.1 Å². The summed E-state index contributed by atoms with van der Waals surface area (Å²) in [6.45, 7) is 1.78. The molecular weight excluding hydrogens is 440 g/mol. The van der Waals surface area contributed by atoms with Crippen molar-refractivity contribution in [1.82, 2.24) is 14.9 Å². The Kier molecular flexibility index (Phi) is 5.77. The number of benzene rings is 1. The van der Waals surface area contributed by atoms with Gasteiger partial charge in [0.1, 0.15) is 22.9 Å². The van der Waals surface area contributed by atoms with Crippen molar-refractivity contribution in [3.63, 3.8) is 0 Å². The smallest absolute Gasteiger partial charge is 0.349 e. The summed E-state index contributed by atoms with van der Waals surface area (Å²) in [4.78, 5) is 53.4. The van der Waals surface area contributed by atoms with Crippen LogP contribution in [-0.4, -0.2) is 47.3 Å². The number of rotatable bonds is 4. The molecule has 3 heterocycles. The van der Waals surface area contributed by atoms with Gasteiger partial charge >= 0.3 is 12.0 Å². The minimum absolute atomic E-state index is 0.171. The first-order valence-electron chi connectivity index (χ1n) is 9.46. The van der Waals surface area contributed by atoms with Crippen LogP contribution in [-0.2, 0) is 16.6 Å². The number of nitrogens with one attached hydrogen (secondary N) is 2.